The fourth-order valence-corrected chi connectivity index (χ4v) is 4.01. The van der Waals surface area contributed by atoms with Gasteiger partial charge in [-0.15, -0.1) is 0 Å². The van der Waals surface area contributed by atoms with Crippen molar-refractivity contribution in [3.63, 3.8) is 0 Å². The fourth-order valence-electron chi connectivity index (χ4n) is 3.81. The van der Waals surface area contributed by atoms with E-state index < -0.39 is 0 Å². The minimum atomic E-state index is -0.0728. The molecule has 0 aliphatic carbocycles. The molecule has 0 aliphatic heterocycles. The van der Waals surface area contributed by atoms with Crippen LogP contribution in [0.1, 0.15) is 22.6 Å². The summed E-state index contributed by atoms with van der Waals surface area (Å²) in [7, 11) is 1.59. The number of carbonyl (C=O) groups excluding carboxylic acids is 1. The van der Waals surface area contributed by atoms with Gasteiger partial charge in [-0.05, 0) is 35.4 Å². The summed E-state index contributed by atoms with van der Waals surface area (Å²) in [5.74, 6) is 0.620. The topological polar surface area (TPSA) is 54.1 Å². The molecule has 152 valence electrons. The third-order valence-electron chi connectivity index (χ3n) is 5.30. The van der Waals surface area contributed by atoms with Crippen molar-refractivity contribution in [3.8, 4) is 5.75 Å². The molecule has 0 aliphatic rings. The molecule has 2 N–H and O–H groups in total. The van der Waals surface area contributed by atoms with Gasteiger partial charge in [-0.2, -0.15) is 0 Å². The van der Waals surface area contributed by atoms with Crippen molar-refractivity contribution in [2.75, 3.05) is 13.7 Å². The van der Waals surface area contributed by atoms with E-state index >= 15 is 0 Å². The largest absolute Gasteiger partial charge is 0.496 e. The summed E-state index contributed by atoms with van der Waals surface area (Å²) in [5.41, 5.74) is 4.18. The maximum absolute atomic E-state index is 12.7. The standard InChI is InChI=1S/C25H23ClN2O2/c1-30-24-12-11-19(26)13-18(24)14-25(29)28-15-21(17-7-3-2-4-8-17)22-16-27-23-10-6-5-9-20(22)23/h2-13,16,21,27H,14-15H2,1H3,(H,28,29). The van der Waals surface area contributed by atoms with Gasteiger partial charge in [0.2, 0.25) is 5.91 Å². The molecule has 1 unspecified atom stereocenters. The molecule has 1 aromatic heterocycles. The van der Waals surface area contributed by atoms with Gasteiger partial charge in [-0.25, -0.2) is 0 Å². The van der Waals surface area contributed by atoms with Gasteiger partial charge in [-0.3, -0.25) is 4.79 Å². The number of benzene rings is 3. The summed E-state index contributed by atoms with van der Waals surface area (Å²) < 4.78 is 5.36. The minimum Gasteiger partial charge on any atom is -0.496 e. The van der Waals surface area contributed by atoms with Gasteiger partial charge < -0.3 is 15.0 Å². The second-order valence-corrected chi connectivity index (χ2v) is 7.63. The molecule has 1 atom stereocenters. The first-order valence-corrected chi connectivity index (χ1v) is 10.2. The number of aromatic amines is 1. The molecule has 4 nitrogen and oxygen atoms in total. The lowest BCUT2D eigenvalue weighted by Gasteiger charge is -2.18. The molecule has 4 aromatic rings. The Kier molecular flexibility index (Phi) is 6.05. The first-order chi connectivity index (χ1) is 14.7. The highest BCUT2D eigenvalue weighted by Crippen LogP contribution is 2.30. The maximum atomic E-state index is 12.7. The molecule has 0 fully saturated rings. The van der Waals surface area contributed by atoms with Crippen LogP contribution in [0.25, 0.3) is 10.9 Å². The zero-order chi connectivity index (χ0) is 20.9. The lowest BCUT2D eigenvalue weighted by molar-refractivity contribution is -0.120. The number of hydrogen-bond acceptors (Lipinski definition) is 2. The third-order valence-corrected chi connectivity index (χ3v) is 5.53. The van der Waals surface area contributed by atoms with Crippen LogP contribution in [0.15, 0.2) is 79.0 Å². The van der Waals surface area contributed by atoms with E-state index in [-0.39, 0.29) is 18.2 Å². The Balaban J connectivity index is 1.56. The minimum absolute atomic E-state index is 0.0348. The number of carbonyl (C=O) groups is 1. The lowest BCUT2D eigenvalue weighted by Crippen LogP contribution is -2.30. The van der Waals surface area contributed by atoms with Crippen molar-refractivity contribution in [1.82, 2.24) is 10.3 Å². The quantitative estimate of drug-likeness (QED) is 0.426. The second kappa shape index (κ2) is 9.06. The molecule has 1 amide bonds. The first kappa shape index (κ1) is 20.0. The van der Waals surface area contributed by atoms with Crippen molar-refractivity contribution in [2.45, 2.75) is 12.3 Å². The fraction of sp³-hybridized carbons (Fsp3) is 0.160. The SMILES string of the molecule is COc1ccc(Cl)cc1CC(=O)NCC(c1ccccc1)c1c[nH]c2ccccc12. The van der Waals surface area contributed by atoms with E-state index in [1.54, 1.807) is 25.3 Å². The molecule has 0 spiro atoms. The van der Waals surface area contributed by atoms with Crippen LogP contribution >= 0.6 is 11.6 Å². The van der Waals surface area contributed by atoms with E-state index in [0.29, 0.717) is 17.3 Å². The first-order valence-electron chi connectivity index (χ1n) is 9.86. The number of hydrogen-bond donors (Lipinski definition) is 2. The Labute approximate surface area is 180 Å². The smallest absolute Gasteiger partial charge is 0.224 e. The lowest BCUT2D eigenvalue weighted by atomic mass is 9.91. The number of rotatable bonds is 7. The second-order valence-electron chi connectivity index (χ2n) is 7.19. The molecule has 3 aromatic carbocycles. The monoisotopic (exact) mass is 418 g/mol. The van der Waals surface area contributed by atoms with Gasteiger partial charge in [-0.1, -0.05) is 60.1 Å². The highest BCUT2D eigenvalue weighted by atomic mass is 35.5. The molecule has 4 rings (SSSR count). The van der Waals surface area contributed by atoms with Crippen LogP contribution in [0.5, 0.6) is 5.75 Å². The summed E-state index contributed by atoms with van der Waals surface area (Å²) >= 11 is 6.10. The predicted molar refractivity (Wildman–Crippen MR) is 121 cm³/mol. The van der Waals surface area contributed by atoms with Crippen LogP contribution in [0, 0.1) is 0 Å². The van der Waals surface area contributed by atoms with Crippen LogP contribution < -0.4 is 10.1 Å². The number of halogens is 1. The Morgan fingerprint density at radius 3 is 2.63 bits per heavy atom. The molecule has 30 heavy (non-hydrogen) atoms. The van der Waals surface area contributed by atoms with E-state index in [9.17, 15) is 4.79 Å². The zero-order valence-electron chi connectivity index (χ0n) is 16.7. The van der Waals surface area contributed by atoms with Crippen LogP contribution in [0.4, 0.5) is 0 Å². The number of methoxy groups -OCH3 is 1. The molecular formula is C25H23ClN2O2. The summed E-state index contributed by atoms with van der Waals surface area (Å²) in [4.78, 5) is 16.1. The van der Waals surface area contributed by atoms with Crippen LogP contribution in [-0.4, -0.2) is 24.5 Å². The van der Waals surface area contributed by atoms with E-state index in [1.807, 2.05) is 36.5 Å². The van der Waals surface area contributed by atoms with Gasteiger partial charge in [0.1, 0.15) is 5.75 Å². The Bertz CT molecular complexity index is 1150. The van der Waals surface area contributed by atoms with Crippen molar-refractivity contribution >= 4 is 28.4 Å². The normalized spacial score (nSPS) is 11.9. The summed E-state index contributed by atoms with van der Waals surface area (Å²) in [6, 6.07) is 23.8. The molecule has 0 bridgehead atoms. The van der Waals surface area contributed by atoms with Gasteiger partial charge >= 0.3 is 0 Å². The number of H-pyrrole nitrogens is 1. The number of ether oxygens (including phenoxy) is 1. The molecule has 0 radical (unpaired) electrons. The van der Waals surface area contributed by atoms with Gasteiger partial charge in [0.25, 0.3) is 0 Å². The molecule has 5 heteroatoms. The summed E-state index contributed by atoms with van der Waals surface area (Å²) in [6.07, 6.45) is 2.24. The van der Waals surface area contributed by atoms with Crippen molar-refractivity contribution in [2.24, 2.45) is 0 Å². The highest BCUT2D eigenvalue weighted by Gasteiger charge is 2.19. The number of amides is 1. The Hall–Kier alpha value is -3.24. The maximum Gasteiger partial charge on any atom is 0.224 e. The van der Waals surface area contributed by atoms with Crippen LogP contribution in [0.3, 0.4) is 0 Å². The van der Waals surface area contributed by atoms with Gasteiger partial charge in [0.15, 0.2) is 0 Å². The average molecular weight is 419 g/mol. The van der Waals surface area contributed by atoms with E-state index in [4.69, 9.17) is 16.3 Å². The molecule has 0 saturated heterocycles. The number of nitrogens with one attached hydrogen (secondary N) is 2. The van der Waals surface area contributed by atoms with Crippen LogP contribution in [-0.2, 0) is 11.2 Å². The predicted octanol–water partition coefficient (Wildman–Crippen LogP) is 5.32. The van der Waals surface area contributed by atoms with Gasteiger partial charge in [0.05, 0.1) is 13.5 Å². The molecule has 1 heterocycles. The summed E-state index contributed by atoms with van der Waals surface area (Å²) in [5, 5.41) is 4.85. The third kappa shape index (κ3) is 4.34. The highest BCUT2D eigenvalue weighted by molar-refractivity contribution is 6.30. The van der Waals surface area contributed by atoms with Crippen molar-refractivity contribution in [1.29, 1.82) is 0 Å². The number of fused-ring (bicyclic) bond motifs is 1. The molecular weight excluding hydrogens is 396 g/mol. The average Bonchev–Trinajstić information content (AvgIpc) is 3.19. The number of para-hydroxylation sites is 1. The van der Waals surface area contributed by atoms with Crippen molar-refractivity contribution in [3.05, 3.63) is 101 Å². The zero-order valence-corrected chi connectivity index (χ0v) is 17.4. The Morgan fingerprint density at radius 1 is 1.07 bits per heavy atom. The Morgan fingerprint density at radius 2 is 1.83 bits per heavy atom. The molecule has 0 saturated carbocycles. The van der Waals surface area contributed by atoms with E-state index in [0.717, 1.165) is 27.6 Å². The number of aromatic nitrogens is 1. The van der Waals surface area contributed by atoms with Crippen LogP contribution in [0.2, 0.25) is 5.02 Å². The van der Waals surface area contributed by atoms with E-state index in [1.165, 1.54) is 0 Å². The van der Waals surface area contributed by atoms with E-state index in [2.05, 4.69) is 34.6 Å². The summed E-state index contributed by atoms with van der Waals surface area (Å²) in [6.45, 7) is 0.494. The van der Waals surface area contributed by atoms with Crippen molar-refractivity contribution < 1.29 is 9.53 Å². The van der Waals surface area contributed by atoms with Gasteiger partial charge in [0, 0.05) is 40.1 Å².